The van der Waals surface area contributed by atoms with E-state index in [1.54, 1.807) is 0 Å². The fourth-order valence-corrected chi connectivity index (χ4v) is 1.17. The zero-order chi connectivity index (χ0) is 8.81. The van der Waals surface area contributed by atoms with Gasteiger partial charge in [0.25, 0.3) is 0 Å². The maximum absolute atomic E-state index is 5.73. The van der Waals surface area contributed by atoms with Gasteiger partial charge >= 0.3 is 0 Å². The summed E-state index contributed by atoms with van der Waals surface area (Å²) in [6.07, 6.45) is 1.04. The third kappa shape index (κ3) is 3.74. The first-order chi connectivity index (χ1) is 5.79. The molecule has 0 fully saturated rings. The molecule has 1 unspecified atom stereocenters. The minimum absolute atomic E-state index is 0.0636. The van der Waals surface area contributed by atoms with E-state index >= 15 is 0 Å². The predicted molar refractivity (Wildman–Crippen MR) is 53.5 cm³/mol. The Kier molecular flexibility index (Phi) is 4.12. The number of alkyl halides is 1. The molecule has 66 valence electrons. The first-order valence-corrected chi connectivity index (χ1v) is 4.64. The highest BCUT2D eigenvalue weighted by Crippen LogP contribution is 1.98. The highest BCUT2D eigenvalue weighted by Gasteiger charge is 1.94. The van der Waals surface area contributed by atoms with E-state index in [1.165, 1.54) is 5.56 Å². The van der Waals surface area contributed by atoms with Gasteiger partial charge in [-0.2, -0.15) is 0 Å². The van der Waals surface area contributed by atoms with Crippen molar-refractivity contribution in [1.29, 1.82) is 0 Å². The number of benzene rings is 1. The third-order valence-corrected chi connectivity index (χ3v) is 1.84. The van der Waals surface area contributed by atoms with Gasteiger partial charge in [0, 0.05) is 6.54 Å². The van der Waals surface area contributed by atoms with E-state index in [0.29, 0.717) is 0 Å². The standard InChI is InChI=1S/C10H14ClN/c1-9(11)12-8-7-10-5-3-2-4-6-10/h2-6,9,12H,7-8H2,1H3. The molecule has 1 rings (SSSR count). The summed E-state index contributed by atoms with van der Waals surface area (Å²) in [5.41, 5.74) is 1.41. The first-order valence-electron chi connectivity index (χ1n) is 4.20. The summed E-state index contributed by atoms with van der Waals surface area (Å²) >= 11 is 5.73. The van der Waals surface area contributed by atoms with Crippen LogP contribution in [0.5, 0.6) is 0 Å². The molecule has 1 atom stereocenters. The van der Waals surface area contributed by atoms with Crippen molar-refractivity contribution in [3.05, 3.63) is 35.9 Å². The summed E-state index contributed by atoms with van der Waals surface area (Å²) in [4.78, 5) is 0. The van der Waals surface area contributed by atoms with Gasteiger partial charge in [0.1, 0.15) is 0 Å². The summed E-state index contributed by atoms with van der Waals surface area (Å²) in [5, 5.41) is 3.16. The van der Waals surface area contributed by atoms with Crippen LogP contribution in [-0.4, -0.2) is 12.0 Å². The number of nitrogens with one attached hydrogen (secondary N) is 1. The van der Waals surface area contributed by atoms with Gasteiger partial charge in [0.05, 0.1) is 5.50 Å². The van der Waals surface area contributed by atoms with Crippen molar-refractivity contribution in [2.75, 3.05) is 6.54 Å². The molecule has 1 aromatic carbocycles. The molecule has 0 aliphatic heterocycles. The molecular formula is C10H14ClN. The Labute approximate surface area is 78.7 Å². The maximum Gasteiger partial charge on any atom is 0.0796 e. The second-order valence-electron chi connectivity index (χ2n) is 2.81. The van der Waals surface area contributed by atoms with Crippen molar-refractivity contribution in [3.8, 4) is 0 Å². The lowest BCUT2D eigenvalue weighted by Crippen LogP contribution is -2.22. The van der Waals surface area contributed by atoms with Crippen LogP contribution in [-0.2, 0) is 6.42 Å². The van der Waals surface area contributed by atoms with Crippen LogP contribution in [0.1, 0.15) is 12.5 Å². The largest absolute Gasteiger partial charge is 0.301 e. The van der Waals surface area contributed by atoms with Gasteiger partial charge in [-0.15, -0.1) is 11.6 Å². The normalized spacial score (nSPS) is 12.8. The van der Waals surface area contributed by atoms with Crippen LogP contribution in [0.4, 0.5) is 0 Å². The fourth-order valence-electron chi connectivity index (χ4n) is 1.06. The van der Waals surface area contributed by atoms with Gasteiger partial charge in [-0.1, -0.05) is 30.3 Å². The SMILES string of the molecule is CC(Cl)NCCc1ccccc1. The van der Waals surface area contributed by atoms with Crippen LogP contribution in [0.25, 0.3) is 0 Å². The molecule has 0 saturated heterocycles. The lowest BCUT2D eigenvalue weighted by Gasteiger charge is -2.05. The molecule has 12 heavy (non-hydrogen) atoms. The predicted octanol–water partition coefficient (Wildman–Crippen LogP) is 2.40. The van der Waals surface area contributed by atoms with Crippen LogP contribution in [0, 0.1) is 0 Å². The van der Waals surface area contributed by atoms with Crippen LogP contribution in [0.2, 0.25) is 0 Å². The molecule has 0 aromatic heterocycles. The summed E-state index contributed by atoms with van der Waals surface area (Å²) in [7, 11) is 0. The number of hydrogen-bond donors (Lipinski definition) is 1. The molecule has 0 spiro atoms. The second-order valence-corrected chi connectivity index (χ2v) is 3.46. The zero-order valence-electron chi connectivity index (χ0n) is 7.26. The molecule has 1 nitrogen and oxygen atoms in total. The Hall–Kier alpha value is -0.530. The highest BCUT2D eigenvalue weighted by molar-refractivity contribution is 6.20. The molecule has 0 saturated carbocycles. The molecule has 0 heterocycles. The molecule has 1 aromatic rings. The molecule has 1 N–H and O–H groups in total. The topological polar surface area (TPSA) is 12.0 Å². The Balaban J connectivity index is 2.25. The fraction of sp³-hybridized carbons (Fsp3) is 0.400. The number of halogens is 1. The Morgan fingerprint density at radius 3 is 2.58 bits per heavy atom. The Bertz CT molecular complexity index is 208. The average molecular weight is 184 g/mol. The second kappa shape index (κ2) is 5.18. The van der Waals surface area contributed by atoms with E-state index in [4.69, 9.17) is 11.6 Å². The van der Waals surface area contributed by atoms with Crippen LogP contribution < -0.4 is 5.32 Å². The van der Waals surface area contributed by atoms with Crippen molar-refractivity contribution in [2.24, 2.45) is 0 Å². The van der Waals surface area contributed by atoms with Gasteiger partial charge in [-0.3, -0.25) is 0 Å². The monoisotopic (exact) mass is 183 g/mol. The zero-order valence-corrected chi connectivity index (χ0v) is 8.01. The van der Waals surface area contributed by atoms with Crippen molar-refractivity contribution in [1.82, 2.24) is 5.32 Å². The molecule has 2 heteroatoms. The minimum Gasteiger partial charge on any atom is -0.301 e. The van der Waals surface area contributed by atoms with Gasteiger partial charge in [0.2, 0.25) is 0 Å². The van der Waals surface area contributed by atoms with Crippen molar-refractivity contribution in [2.45, 2.75) is 18.8 Å². The number of hydrogen-bond acceptors (Lipinski definition) is 1. The quantitative estimate of drug-likeness (QED) is 0.559. The molecule has 0 aliphatic carbocycles. The lowest BCUT2D eigenvalue weighted by molar-refractivity contribution is 0.675. The molecule has 0 radical (unpaired) electrons. The molecule has 0 aliphatic rings. The van der Waals surface area contributed by atoms with Gasteiger partial charge in [0.15, 0.2) is 0 Å². The van der Waals surface area contributed by atoms with E-state index in [-0.39, 0.29) is 5.50 Å². The summed E-state index contributed by atoms with van der Waals surface area (Å²) in [6, 6.07) is 10.4. The van der Waals surface area contributed by atoms with E-state index in [2.05, 4.69) is 29.6 Å². The first kappa shape index (κ1) is 9.56. The van der Waals surface area contributed by atoms with E-state index < -0.39 is 0 Å². The van der Waals surface area contributed by atoms with Crippen LogP contribution in [0.3, 0.4) is 0 Å². The summed E-state index contributed by atoms with van der Waals surface area (Å²) < 4.78 is 0. The lowest BCUT2D eigenvalue weighted by atomic mass is 10.1. The minimum atomic E-state index is 0.0636. The van der Waals surface area contributed by atoms with Crippen molar-refractivity contribution in [3.63, 3.8) is 0 Å². The molecule has 0 amide bonds. The van der Waals surface area contributed by atoms with Crippen LogP contribution >= 0.6 is 11.6 Å². The van der Waals surface area contributed by atoms with Crippen molar-refractivity contribution < 1.29 is 0 Å². The summed E-state index contributed by atoms with van der Waals surface area (Å²) in [5.74, 6) is 0. The third-order valence-electron chi connectivity index (χ3n) is 1.68. The smallest absolute Gasteiger partial charge is 0.0796 e. The Morgan fingerprint density at radius 1 is 1.33 bits per heavy atom. The van der Waals surface area contributed by atoms with E-state index in [0.717, 1.165) is 13.0 Å². The van der Waals surface area contributed by atoms with Crippen LogP contribution in [0.15, 0.2) is 30.3 Å². The average Bonchev–Trinajstić information content (AvgIpc) is 2.05. The highest BCUT2D eigenvalue weighted by atomic mass is 35.5. The van der Waals surface area contributed by atoms with Gasteiger partial charge in [-0.25, -0.2) is 0 Å². The van der Waals surface area contributed by atoms with E-state index in [1.807, 2.05) is 13.0 Å². The molecule has 0 bridgehead atoms. The maximum atomic E-state index is 5.73. The van der Waals surface area contributed by atoms with E-state index in [9.17, 15) is 0 Å². The summed E-state index contributed by atoms with van der Waals surface area (Å²) in [6.45, 7) is 2.88. The van der Waals surface area contributed by atoms with Crippen molar-refractivity contribution >= 4 is 11.6 Å². The van der Waals surface area contributed by atoms with Gasteiger partial charge < -0.3 is 5.32 Å². The Morgan fingerprint density at radius 2 is 2.00 bits per heavy atom. The van der Waals surface area contributed by atoms with Gasteiger partial charge in [-0.05, 0) is 18.9 Å². The molecular weight excluding hydrogens is 170 g/mol. The number of rotatable bonds is 4.